The van der Waals surface area contributed by atoms with Crippen LogP contribution in [-0.2, 0) is 17.7 Å². The highest BCUT2D eigenvalue weighted by molar-refractivity contribution is 7.99. The number of pyridine rings is 1. The third kappa shape index (κ3) is 5.18. The molecule has 0 atom stereocenters. The first-order valence-electron chi connectivity index (χ1n) is 10.1. The van der Waals surface area contributed by atoms with Crippen LogP contribution in [0.25, 0.3) is 22.3 Å². The van der Waals surface area contributed by atoms with Crippen LogP contribution in [0.15, 0.2) is 63.3 Å². The van der Waals surface area contributed by atoms with Gasteiger partial charge in [-0.1, -0.05) is 29.1 Å². The smallest absolute Gasteiger partial charge is 0.262 e. The van der Waals surface area contributed by atoms with Gasteiger partial charge >= 0.3 is 0 Å². The number of rotatable bonds is 10. The van der Waals surface area contributed by atoms with Crippen LogP contribution in [0.4, 0.5) is 0 Å². The number of benzene rings is 1. The Balaban J connectivity index is 1.42. The normalized spacial score (nSPS) is 11.3. The predicted molar refractivity (Wildman–Crippen MR) is 119 cm³/mol. The van der Waals surface area contributed by atoms with Crippen LogP contribution < -0.4 is 5.56 Å². The molecule has 0 fully saturated rings. The van der Waals surface area contributed by atoms with E-state index in [4.69, 9.17) is 14.2 Å². The summed E-state index contributed by atoms with van der Waals surface area (Å²) in [5, 5.41) is 5.40. The topological polar surface area (TPSA) is 95.9 Å². The highest BCUT2D eigenvalue weighted by atomic mass is 32.2. The largest absolute Gasteiger partial charge is 0.385 e. The number of hydrogen-bond acceptors (Lipinski definition) is 8. The van der Waals surface area contributed by atoms with Crippen LogP contribution in [0.2, 0.25) is 0 Å². The van der Waals surface area contributed by atoms with Gasteiger partial charge in [0.15, 0.2) is 5.16 Å². The minimum absolute atomic E-state index is 0.0110. The van der Waals surface area contributed by atoms with Gasteiger partial charge in [0, 0.05) is 50.4 Å². The van der Waals surface area contributed by atoms with Crippen molar-refractivity contribution in [2.45, 2.75) is 31.0 Å². The molecule has 0 amide bonds. The molecule has 0 saturated heterocycles. The average molecular weight is 438 g/mol. The number of hydrogen-bond donors (Lipinski definition) is 0. The van der Waals surface area contributed by atoms with E-state index in [-0.39, 0.29) is 5.56 Å². The Morgan fingerprint density at radius 3 is 2.77 bits per heavy atom. The van der Waals surface area contributed by atoms with Crippen LogP contribution >= 0.6 is 11.8 Å². The van der Waals surface area contributed by atoms with Gasteiger partial charge in [-0.3, -0.25) is 14.3 Å². The monoisotopic (exact) mass is 437 g/mol. The van der Waals surface area contributed by atoms with Gasteiger partial charge in [0.05, 0.1) is 10.9 Å². The van der Waals surface area contributed by atoms with E-state index in [1.165, 1.54) is 0 Å². The SMILES string of the molecule is COCCCn1c(SCCCc2nc(-c3ccncc3)no2)nc2ccccc2c1=O. The molecule has 0 saturated carbocycles. The van der Waals surface area contributed by atoms with Crippen molar-refractivity contribution in [2.75, 3.05) is 19.5 Å². The molecule has 0 bridgehead atoms. The number of aromatic nitrogens is 5. The molecule has 0 radical (unpaired) electrons. The van der Waals surface area contributed by atoms with Crippen molar-refractivity contribution in [1.82, 2.24) is 24.7 Å². The highest BCUT2D eigenvalue weighted by Crippen LogP contribution is 2.20. The van der Waals surface area contributed by atoms with Crippen LogP contribution in [0.5, 0.6) is 0 Å². The van der Waals surface area contributed by atoms with Gasteiger partial charge in [0.1, 0.15) is 0 Å². The number of methoxy groups -OCH3 is 1. The number of para-hydroxylation sites is 1. The number of nitrogens with zero attached hydrogens (tertiary/aromatic N) is 5. The molecule has 4 aromatic rings. The summed E-state index contributed by atoms with van der Waals surface area (Å²) < 4.78 is 12.3. The van der Waals surface area contributed by atoms with Crippen LogP contribution in [0.3, 0.4) is 0 Å². The molecule has 1 aromatic carbocycles. The standard InChI is InChI=1S/C22H23N5O3S/c1-29-14-5-13-27-21(28)17-6-2-3-7-18(17)24-22(27)31-15-4-8-19-25-20(26-30-19)16-9-11-23-12-10-16/h2-3,6-7,9-12H,4-5,8,13-15H2,1H3. The maximum Gasteiger partial charge on any atom is 0.262 e. The summed E-state index contributed by atoms with van der Waals surface area (Å²) in [5.74, 6) is 1.94. The second-order valence-corrected chi connectivity index (χ2v) is 7.98. The van der Waals surface area contributed by atoms with Gasteiger partial charge in [-0.05, 0) is 37.1 Å². The third-order valence-corrected chi connectivity index (χ3v) is 5.79. The Kier molecular flexibility index (Phi) is 7.06. The second kappa shape index (κ2) is 10.3. The van der Waals surface area contributed by atoms with Crippen molar-refractivity contribution in [3.05, 3.63) is 65.0 Å². The van der Waals surface area contributed by atoms with Crippen LogP contribution in [0.1, 0.15) is 18.7 Å². The summed E-state index contributed by atoms with van der Waals surface area (Å²) in [5.41, 5.74) is 1.58. The van der Waals surface area contributed by atoms with Crippen LogP contribution in [0, 0.1) is 0 Å². The average Bonchev–Trinajstić information content (AvgIpc) is 3.28. The Bertz CT molecular complexity index is 1190. The molecule has 160 valence electrons. The maximum atomic E-state index is 13.0. The number of fused-ring (bicyclic) bond motifs is 1. The molecule has 0 N–H and O–H groups in total. The first-order valence-corrected chi connectivity index (χ1v) is 11.1. The summed E-state index contributed by atoms with van der Waals surface area (Å²) in [6.45, 7) is 1.17. The molecule has 0 aliphatic heterocycles. The zero-order chi connectivity index (χ0) is 21.5. The second-order valence-electron chi connectivity index (χ2n) is 6.91. The van der Waals surface area contributed by atoms with E-state index in [9.17, 15) is 4.79 Å². The van der Waals surface area contributed by atoms with E-state index >= 15 is 0 Å². The van der Waals surface area contributed by atoms with Gasteiger partial charge in [0.25, 0.3) is 5.56 Å². The van der Waals surface area contributed by atoms with Crippen molar-refractivity contribution in [3.63, 3.8) is 0 Å². The molecule has 0 aliphatic rings. The molecule has 3 heterocycles. The van der Waals surface area contributed by atoms with E-state index in [1.54, 1.807) is 35.8 Å². The molecule has 0 aliphatic carbocycles. The summed E-state index contributed by atoms with van der Waals surface area (Å²) in [6.07, 6.45) is 5.63. The molecular formula is C22H23N5O3S. The Morgan fingerprint density at radius 2 is 1.94 bits per heavy atom. The van der Waals surface area contributed by atoms with Crippen molar-refractivity contribution >= 4 is 22.7 Å². The molecular weight excluding hydrogens is 414 g/mol. The minimum atomic E-state index is -0.0110. The number of ether oxygens (including phenoxy) is 1. The van der Waals surface area contributed by atoms with E-state index in [0.29, 0.717) is 36.7 Å². The third-order valence-electron chi connectivity index (χ3n) is 4.73. The van der Waals surface area contributed by atoms with Gasteiger partial charge < -0.3 is 9.26 Å². The Hall–Kier alpha value is -3.04. The van der Waals surface area contributed by atoms with Gasteiger partial charge in [0.2, 0.25) is 11.7 Å². The van der Waals surface area contributed by atoms with Crippen LogP contribution in [-0.4, -0.2) is 44.1 Å². The van der Waals surface area contributed by atoms with Crippen molar-refractivity contribution < 1.29 is 9.26 Å². The zero-order valence-electron chi connectivity index (χ0n) is 17.2. The lowest BCUT2D eigenvalue weighted by Crippen LogP contribution is -2.24. The quantitative estimate of drug-likeness (QED) is 0.211. The van der Waals surface area contributed by atoms with Gasteiger partial charge in [-0.15, -0.1) is 0 Å². The van der Waals surface area contributed by atoms with Crippen molar-refractivity contribution in [3.8, 4) is 11.4 Å². The van der Waals surface area contributed by atoms with Crippen molar-refractivity contribution in [2.24, 2.45) is 0 Å². The fraction of sp³-hybridized carbons (Fsp3) is 0.318. The van der Waals surface area contributed by atoms with Gasteiger partial charge in [-0.2, -0.15) is 4.98 Å². The summed E-state index contributed by atoms with van der Waals surface area (Å²) in [7, 11) is 1.66. The Morgan fingerprint density at radius 1 is 1.10 bits per heavy atom. The molecule has 4 rings (SSSR count). The number of thioether (sulfide) groups is 1. The van der Waals surface area contributed by atoms with Crippen molar-refractivity contribution in [1.29, 1.82) is 0 Å². The molecule has 0 spiro atoms. The first-order chi connectivity index (χ1) is 15.3. The van der Waals surface area contributed by atoms with E-state index in [1.807, 2.05) is 36.4 Å². The predicted octanol–water partition coefficient (Wildman–Crippen LogP) is 3.60. The fourth-order valence-electron chi connectivity index (χ4n) is 3.18. The molecule has 9 heteroatoms. The molecule has 8 nitrogen and oxygen atoms in total. The lowest BCUT2D eigenvalue weighted by atomic mass is 10.2. The summed E-state index contributed by atoms with van der Waals surface area (Å²) in [6, 6.07) is 11.1. The van der Waals surface area contributed by atoms with E-state index in [2.05, 4.69) is 15.1 Å². The van der Waals surface area contributed by atoms with Gasteiger partial charge in [-0.25, -0.2) is 4.98 Å². The molecule has 31 heavy (non-hydrogen) atoms. The Labute approximate surface area is 183 Å². The summed E-state index contributed by atoms with van der Waals surface area (Å²) in [4.78, 5) is 26.1. The zero-order valence-corrected chi connectivity index (χ0v) is 18.0. The highest BCUT2D eigenvalue weighted by Gasteiger charge is 2.12. The minimum Gasteiger partial charge on any atom is -0.385 e. The fourth-order valence-corrected chi connectivity index (χ4v) is 4.15. The maximum absolute atomic E-state index is 13.0. The lowest BCUT2D eigenvalue weighted by molar-refractivity contribution is 0.189. The first kappa shape index (κ1) is 21.2. The summed E-state index contributed by atoms with van der Waals surface area (Å²) >= 11 is 1.57. The lowest BCUT2D eigenvalue weighted by Gasteiger charge is -2.12. The molecule has 3 aromatic heterocycles. The van der Waals surface area contributed by atoms with E-state index < -0.39 is 0 Å². The molecule has 0 unspecified atom stereocenters. The number of aryl methyl sites for hydroxylation is 1. The van der Waals surface area contributed by atoms with E-state index in [0.717, 1.165) is 34.8 Å².